The van der Waals surface area contributed by atoms with Gasteiger partial charge >= 0.3 is 0 Å². The maximum Gasteiger partial charge on any atom is 0.237 e. The molecule has 0 bridgehead atoms. The highest BCUT2D eigenvalue weighted by atomic mass is 16.3. The van der Waals surface area contributed by atoms with E-state index >= 15 is 0 Å². The van der Waals surface area contributed by atoms with E-state index in [0.717, 1.165) is 19.5 Å². The summed E-state index contributed by atoms with van der Waals surface area (Å²) in [5, 5.41) is 12.7. The summed E-state index contributed by atoms with van der Waals surface area (Å²) in [6.07, 6.45) is 1.24. The van der Waals surface area contributed by atoms with Gasteiger partial charge in [-0.3, -0.25) is 9.69 Å². The molecular formula is C18H28N2O2. The fourth-order valence-electron chi connectivity index (χ4n) is 3.01. The predicted octanol–water partition coefficient (Wildman–Crippen LogP) is 1.96. The third-order valence-electron chi connectivity index (χ3n) is 4.34. The van der Waals surface area contributed by atoms with E-state index in [1.54, 1.807) is 0 Å². The molecule has 1 aliphatic rings. The molecule has 0 spiro atoms. The molecule has 22 heavy (non-hydrogen) atoms. The van der Waals surface area contributed by atoms with Gasteiger partial charge in [0.1, 0.15) is 0 Å². The summed E-state index contributed by atoms with van der Waals surface area (Å²) >= 11 is 0. The van der Waals surface area contributed by atoms with Crippen LogP contribution in [0.1, 0.15) is 38.3 Å². The highest BCUT2D eigenvalue weighted by Crippen LogP contribution is 2.20. The number of carbonyl (C=O) groups is 1. The van der Waals surface area contributed by atoms with Crippen molar-refractivity contribution in [1.82, 2.24) is 10.2 Å². The van der Waals surface area contributed by atoms with Crippen molar-refractivity contribution in [3.05, 3.63) is 35.4 Å². The molecule has 122 valence electrons. The summed E-state index contributed by atoms with van der Waals surface area (Å²) in [5.41, 5.74) is 2.70. The maximum absolute atomic E-state index is 12.3. The number of amides is 1. The molecule has 2 atom stereocenters. The maximum atomic E-state index is 12.3. The van der Waals surface area contributed by atoms with Gasteiger partial charge in [-0.2, -0.15) is 0 Å². The zero-order valence-electron chi connectivity index (χ0n) is 13.9. The lowest BCUT2D eigenvalue weighted by Gasteiger charge is -2.33. The molecular weight excluding hydrogens is 276 g/mol. The number of nitrogens with zero attached hydrogens (tertiary/aromatic N) is 1. The van der Waals surface area contributed by atoms with Crippen molar-refractivity contribution in [2.75, 3.05) is 13.1 Å². The lowest BCUT2D eigenvalue weighted by Crippen LogP contribution is -2.48. The van der Waals surface area contributed by atoms with Gasteiger partial charge in [0.15, 0.2) is 0 Å². The van der Waals surface area contributed by atoms with Crippen LogP contribution < -0.4 is 5.32 Å². The molecule has 2 N–H and O–H groups in total. The van der Waals surface area contributed by atoms with Gasteiger partial charge in [-0.1, -0.05) is 38.1 Å². The van der Waals surface area contributed by atoms with Gasteiger partial charge in [0, 0.05) is 19.6 Å². The lowest BCUT2D eigenvalue weighted by atomic mass is 9.98. The second kappa shape index (κ2) is 7.75. The van der Waals surface area contributed by atoms with E-state index < -0.39 is 6.10 Å². The number of carbonyl (C=O) groups excluding carboxylic acids is 1. The summed E-state index contributed by atoms with van der Waals surface area (Å²) in [7, 11) is 0. The summed E-state index contributed by atoms with van der Waals surface area (Å²) in [4.78, 5) is 14.5. The summed E-state index contributed by atoms with van der Waals surface area (Å²) in [6, 6.07) is 8.26. The van der Waals surface area contributed by atoms with Crippen molar-refractivity contribution >= 4 is 5.91 Å². The number of nitrogens with one attached hydrogen (secondary N) is 1. The summed E-state index contributed by atoms with van der Waals surface area (Å²) in [5.74, 6) is 0.435. The van der Waals surface area contributed by atoms with Gasteiger partial charge in [-0.05, 0) is 36.8 Å². The molecule has 4 nitrogen and oxygen atoms in total. The van der Waals surface area contributed by atoms with E-state index in [-0.39, 0.29) is 11.9 Å². The quantitative estimate of drug-likeness (QED) is 0.845. The number of aliphatic hydroxyl groups excluding tert-OH is 1. The van der Waals surface area contributed by atoms with E-state index in [4.69, 9.17) is 0 Å². The summed E-state index contributed by atoms with van der Waals surface area (Å²) < 4.78 is 0. The van der Waals surface area contributed by atoms with E-state index in [0.29, 0.717) is 18.9 Å². The first-order chi connectivity index (χ1) is 10.5. The number of fused-ring (bicyclic) bond motifs is 1. The third-order valence-corrected chi connectivity index (χ3v) is 4.34. The van der Waals surface area contributed by atoms with Crippen LogP contribution in [0.4, 0.5) is 0 Å². The molecule has 4 heteroatoms. The zero-order chi connectivity index (χ0) is 16.1. The molecule has 0 saturated carbocycles. The number of aliphatic hydroxyl groups is 1. The lowest BCUT2D eigenvalue weighted by molar-refractivity contribution is -0.126. The smallest absolute Gasteiger partial charge is 0.237 e. The predicted molar refractivity (Wildman–Crippen MR) is 88.5 cm³/mol. The van der Waals surface area contributed by atoms with Crippen LogP contribution in [0.15, 0.2) is 24.3 Å². The fourth-order valence-corrected chi connectivity index (χ4v) is 3.01. The van der Waals surface area contributed by atoms with Crippen LogP contribution in [0.3, 0.4) is 0 Å². The molecule has 0 fully saturated rings. The Morgan fingerprint density at radius 3 is 2.64 bits per heavy atom. The Kier molecular flexibility index (Phi) is 5.98. The molecule has 1 heterocycles. The minimum atomic E-state index is -0.460. The van der Waals surface area contributed by atoms with Gasteiger partial charge in [-0.25, -0.2) is 0 Å². The van der Waals surface area contributed by atoms with Crippen LogP contribution in [0.2, 0.25) is 0 Å². The number of hydrogen-bond acceptors (Lipinski definition) is 3. The largest absolute Gasteiger partial charge is 0.391 e. The van der Waals surface area contributed by atoms with Crippen LogP contribution in [0, 0.1) is 5.92 Å². The van der Waals surface area contributed by atoms with E-state index in [2.05, 4.69) is 48.3 Å². The molecule has 1 aliphatic heterocycles. The molecule has 1 amide bonds. The Labute approximate surface area is 133 Å². The van der Waals surface area contributed by atoms with Crippen molar-refractivity contribution in [3.8, 4) is 0 Å². The second-order valence-electron chi connectivity index (χ2n) is 6.69. The van der Waals surface area contributed by atoms with Crippen LogP contribution in [0.5, 0.6) is 0 Å². The average molecular weight is 304 g/mol. The van der Waals surface area contributed by atoms with E-state index in [1.807, 2.05) is 6.92 Å². The molecule has 1 aromatic rings. The molecule has 0 aliphatic carbocycles. The Hall–Kier alpha value is -1.39. The molecule has 2 rings (SSSR count). The monoisotopic (exact) mass is 304 g/mol. The average Bonchev–Trinajstić information content (AvgIpc) is 2.50. The van der Waals surface area contributed by atoms with Crippen molar-refractivity contribution in [3.63, 3.8) is 0 Å². The molecule has 1 aromatic carbocycles. The van der Waals surface area contributed by atoms with Crippen molar-refractivity contribution in [2.45, 2.75) is 52.3 Å². The summed E-state index contributed by atoms with van der Waals surface area (Å²) in [6.45, 7) is 8.14. The molecule has 0 radical (unpaired) electrons. The Morgan fingerprint density at radius 2 is 1.95 bits per heavy atom. The van der Waals surface area contributed by atoms with Crippen molar-refractivity contribution in [2.24, 2.45) is 5.92 Å². The zero-order valence-corrected chi connectivity index (χ0v) is 13.9. The minimum absolute atomic E-state index is 0.00203. The van der Waals surface area contributed by atoms with Gasteiger partial charge in [-0.15, -0.1) is 0 Å². The van der Waals surface area contributed by atoms with Gasteiger partial charge in [0.05, 0.1) is 12.1 Å². The first kappa shape index (κ1) is 17.0. The topological polar surface area (TPSA) is 52.6 Å². The molecule has 0 saturated heterocycles. The van der Waals surface area contributed by atoms with Crippen molar-refractivity contribution in [1.29, 1.82) is 0 Å². The highest BCUT2D eigenvalue weighted by Gasteiger charge is 2.25. The fraction of sp³-hybridized carbons (Fsp3) is 0.611. The first-order valence-corrected chi connectivity index (χ1v) is 8.24. The second-order valence-corrected chi connectivity index (χ2v) is 6.69. The standard InChI is InChI=1S/C18H28N2O2/c1-13(2)10-17(21)11-19-18(22)14(3)20-9-8-15-6-4-5-7-16(15)12-20/h4-7,13-14,17,21H,8-12H2,1-3H3,(H,19,22). The number of rotatable bonds is 6. The van der Waals surface area contributed by atoms with Gasteiger partial charge < -0.3 is 10.4 Å². The first-order valence-electron chi connectivity index (χ1n) is 8.24. The van der Waals surface area contributed by atoms with Crippen LogP contribution in [-0.2, 0) is 17.8 Å². The van der Waals surface area contributed by atoms with Crippen LogP contribution in [-0.4, -0.2) is 41.1 Å². The molecule has 0 aromatic heterocycles. The van der Waals surface area contributed by atoms with Crippen LogP contribution >= 0.6 is 0 Å². The van der Waals surface area contributed by atoms with Gasteiger partial charge in [0.2, 0.25) is 5.91 Å². The van der Waals surface area contributed by atoms with Gasteiger partial charge in [0.25, 0.3) is 0 Å². The molecule has 2 unspecified atom stereocenters. The van der Waals surface area contributed by atoms with Crippen molar-refractivity contribution < 1.29 is 9.90 Å². The Bertz CT molecular complexity index is 502. The normalized spacial score (nSPS) is 17.9. The van der Waals surface area contributed by atoms with Crippen LogP contribution in [0.25, 0.3) is 0 Å². The Balaban J connectivity index is 1.84. The number of benzene rings is 1. The van der Waals surface area contributed by atoms with E-state index in [9.17, 15) is 9.90 Å². The highest BCUT2D eigenvalue weighted by molar-refractivity contribution is 5.81. The SMILES string of the molecule is CC(C)CC(O)CNC(=O)C(C)N1CCc2ccccc2C1. The number of hydrogen-bond donors (Lipinski definition) is 2. The Morgan fingerprint density at radius 1 is 1.27 bits per heavy atom. The van der Waals surface area contributed by atoms with E-state index in [1.165, 1.54) is 11.1 Å². The minimum Gasteiger partial charge on any atom is -0.391 e. The third kappa shape index (κ3) is 4.55.